The number of hydrogen-bond acceptors (Lipinski definition) is 10. The van der Waals surface area contributed by atoms with Crippen LogP contribution in [0, 0.1) is 0 Å². The molecular weight excluding hydrogens is 502 g/mol. The first-order valence-corrected chi connectivity index (χ1v) is 11.8. The molecule has 13 heteroatoms. The number of nitrogens with two attached hydrogens (primary N) is 2. The fourth-order valence-electron chi connectivity index (χ4n) is 3.73. The summed E-state index contributed by atoms with van der Waals surface area (Å²) in [7, 11) is 3.04. The zero-order valence-corrected chi connectivity index (χ0v) is 20.9. The molecule has 0 radical (unpaired) electrons. The van der Waals surface area contributed by atoms with Gasteiger partial charge in [-0.1, -0.05) is 12.1 Å². The van der Waals surface area contributed by atoms with Gasteiger partial charge in [0.15, 0.2) is 17.2 Å². The Balaban J connectivity index is 1.86. The van der Waals surface area contributed by atoms with Gasteiger partial charge in [0.05, 0.1) is 19.4 Å². The smallest absolute Gasteiger partial charge is 0.273 e. The second-order valence-corrected chi connectivity index (χ2v) is 8.58. The number of rotatable bonds is 10. The highest BCUT2D eigenvalue weighted by Gasteiger charge is 2.36. The number of benzene rings is 2. The number of carbonyl (C=O) groups excluding carboxylic acids is 3. The van der Waals surface area contributed by atoms with Gasteiger partial charge < -0.3 is 35.7 Å². The lowest BCUT2D eigenvalue weighted by Gasteiger charge is -2.31. The van der Waals surface area contributed by atoms with Crippen LogP contribution in [0.2, 0.25) is 0 Å². The molecule has 2 heterocycles. The van der Waals surface area contributed by atoms with Crippen molar-refractivity contribution in [2.75, 3.05) is 44.8 Å². The highest BCUT2D eigenvalue weighted by Crippen LogP contribution is 2.39. The number of amides is 3. The van der Waals surface area contributed by atoms with Gasteiger partial charge in [-0.05, 0) is 41.4 Å². The number of carbonyl (C=O) groups is 3. The Kier molecular flexibility index (Phi) is 7.74. The lowest BCUT2D eigenvalue weighted by atomic mass is 10.0. The molecule has 1 unspecified atom stereocenters. The Morgan fingerprint density at radius 1 is 1.14 bits per heavy atom. The third-order valence-electron chi connectivity index (χ3n) is 5.55. The van der Waals surface area contributed by atoms with Crippen molar-refractivity contribution in [2.24, 2.45) is 5.73 Å². The molecule has 3 amide bonds. The van der Waals surface area contributed by atoms with Gasteiger partial charge in [-0.3, -0.25) is 19.3 Å². The third kappa shape index (κ3) is 5.27. The fourth-order valence-corrected chi connectivity index (χ4v) is 4.48. The molecule has 3 aromatic rings. The first kappa shape index (κ1) is 25.7. The van der Waals surface area contributed by atoms with Crippen molar-refractivity contribution in [3.63, 3.8) is 0 Å². The van der Waals surface area contributed by atoms with E-state index < -0.39 is 23.8 Å². The number of ether oxygens (including phenoxy) is 4. The number of aromatic nitrogens is 1. The Morgan fingerprint density at radius 2 is 1.86 bits per heavy atom. The van der Waals surface area contributed by atoms with Gasteiger partial charge in [0.1, 0.15) is 16.7 Å². The van der Waals surface area contributed by atoms with Crippen LogP contribution in [0.15, 0.2) is 42.5 Å². The van der Waals surface area contributed by atoms with E-state index >= 15 is 0 Å². The van der Waals surface area contributed by atoms with Crippen molar-refractivity contribution < 1.29 is 33.3 Å². The van der Waals surface area contributed by atoms with Crippen molar-refractivity contribution in [1.29, 1.82) is 0 Å². The SMILES string of the molecule is COCCNC(=O)C(c1ccc(OC)cc1)N(C(=O)c1snc(C(N)=O)c1N)c1ccc2c(c1)OCO2. The summed E-state index contributed by atoms with van der Waals surface area (Å²) in [5, 5.41) is 2.80. The molecule has 2 aromatic carbocycles. The van der Waals surface area contributed by atoms with Crippen LogP contribution in [-0.4, -0.2) is 56.3 Å². The minimum absolute atomic E-state index is 0.0237. The number of nitrogens with one attached hydrogen (secondary N) is 1. The molecule has 0 saturated heterocycles. The summed E-state index contributed by atoms with van der Waals surface area (Å²) in [6.07, 6.45) is 0. The van der Waals surface area contributed by atoms with E-state index in [9.17, 15) is 14.4 Å². The van der Waals surface area contributed by atoms with E-state index in [0.29, 0.717) is 28.5 Å². The largest absolute Gasteiger partial charge is 0.497 e. The Morgan fingerprint density at radius 3 is 2.51 bits per heavy atom. The first-order valence-electron chi connectivity index (χ1n) is 11.0. The second-order valence-electron chi connectivity index (χ2n) is 7.81. The molecule has 37 heavy (non-hydrogen) atoms. The molecule has 0 bridgehead atoms. The van der Waals surface area contributed by atoms with E-state index in [0.717, 1.165) is 11.5 Å². The van der Waals surface area contributed by atoms with Gasteiger partial charge in [-0.25, -0.2) is 0 Å². The second kappa shape index (κ2) is 11.1. The van der Waals surface area contributed by atoms with Crippen LogP contribution in [0.4, 0.5) is 11.4 Å². The number of fused-ring (bicyclic) bond motifs is 1. The van der Waals surface area contributed by atoms with Crippen molar-refractivity contribution in [3.05, 3.63) is 58.6 Å². The standard InChI is InChI=1S/C24H25N5O7S/c1-33-10-9-27-23(31)20(13-3-6-15(34-2)7-4-13)29(14-5-8-16-17(11-14)36-12-35-16)24(32)21-18(25)19(22(26)30)28-37-21/h3-8,11,20H,9-10,12,25H2,1-2H3,(H2,26,30)(H,27,31). The molecule has 4 rings (SSSR count). The maximum atomic E-state index is 14.0. The van der Waals surface area contributed by atoms with Crippen LogP contribution in [0.5, 0.6) is 17.2 Å². The minimum atomic E-state index is -1.16. The maximum absolute atomic E-state index is 14.0. The summed E-state index contributed by atoms with van der Waals surface area (Å²) >= 11 is 0.718. The van der Waals surface area contributed by atoms with Crippen LogP contribution in [-0.2, 0) is 9.53 Å². The lowest BCUT2D eigenvalue weighted by molar-refractivity contribution is -0.122. The van der Waals surface area contributed by atoms with Crippen molar-refractivity contribution >= 4 is 40.6 Å². The predicted molar refractivity (Wildman–Crippen MR) is 135 cm³/mol. The quantitative estimate of drug-likeness (QED) is 0.332. The van der Waals surface area contributed by atoms with Gasteiger partial charge in [-0.15, -0.1) is 0 Å². The van der Waals surface area contributed by atoms with Crippen molar-refractivity contribution in [2.45, 2.75) is 6.04 Å². The van der Waals surface area contributed by atoms with Gasteiger partial charge in [0.2, 0.25) is 12.7 Å². The van der Waals surface area contributed by atoms with Crippen LogP contribution < -0.4 is 35.9 Å². The Hall–Kier alpha value is -4.36. The monoisotopic (exact) mass is 527 g/mol. The predicted octanol–water partition coefficient (Wildman–Crippen LogP) is 1.71. The van der Waals surface area contributed by atoms with Crippen LogP contribution in [0.25, 0.3) is 0 Å². The Bertz CT molecular complexity index is 1310. The highest BCUT2D eigenvalue weighted by molar-refractivity contribution is 7.09. The van der Waals surface area contributed by atoms with E-state index in [1.165, 1.54) is 19.1 Å². The molecule has 1 atom stereocenters. The molecule has 194 valence electrons. The minimum Gasteiger partial charge on any atom is -0.497 e. The van der Waals surface area contributed by atoms with E-state index in [1.807, 2.05) is 0 Å². The molecule has 5 N–H and O–H groups in total. The average Bonchev–Trinajstić information content (AvgIpc) is 3.53. The normalized spacial score (nSPS) is 12.6. The molecule has 12 nitrogen and oxygen atoms in total. The average molecular weight is 528 g/mol. The highest BCUT2D eigenvalue weighted by atomic mass is 32.1. The van der Waals surface area contributed by atoms with E-state index in [2.05, 4.69) is 9.69 Å². The molecule has 1 aliphatic heterocycles. The van der Waals surface area contributed by atoms with Gasteiger partial charge >= 0.3 is 0 Å². The number of anilines is 2. The summed E-state index contributed by atoms with van der Waals surface area (Å²) in [5.74, 6) is -0.545. The van der Waals surface area contributed by atoms with Crippen LogP contribution in [0.1, 0.15) is 31.8 Å². The topological polar surface area (TPSA) is 168 Å². The number of methoxy groups -OCH3 is 2. The number of primary amides is 1. The van der Waals surface area contributed by atoms with Crippen LogP contribution in [0.3, 0.4) is 0 Å². The van der Waals surface area contributed by atoms with Crippen molar-refractivity contribution in [3.8, 4) is 17.2 Å². The van der Waals surface area contributed by atoms with E-state index in [-0.39, 0.29) is 36.2 Å². The van der Waals surface area contributed by atoms with Gasteiger partial charge in [0.25, 0.3) is 11.8 Å². The lowest BCUT2D eigenvalue weighted by Crippen LogP contribution is -2.44. The molecule has 1 aromatic heterocycles. The molecule has 0 saturated carbocycles. The summed E-state index contributed by atoms with van der Waals surface area (Å²) < 4.78 is 25.1. The summed E-state index contributed by atoms with van der Waals surface area (Å²) in [4.78, 5) is 40.6. The summed E-state index contributed by atoms with van der Waals surface area (Å²) in [6.45, 7) is 0.498. The maximum Gasteiger partial charge on any atom is 0.273 e. The first-order chi connectivity index (χ1) is 17.8. The van der Waals surface area contributed by atoms with Gasteiger partial charge in [0, 0.05) is 25.4 Å². The fraction of sp³-hybridized carbons (Fsp3) is 0.250. The molecule has 0 fully saturated rings. The molecule has 1 aliphatic rings. The Labute approximate surface area is 216 Å². The van der Waals surface area contributed by atoms with Gasteiger partial charge in [-0.2, -0.15) is 4.37 Å². The van der Waals surface area contributed by atoms with Crippen molar-refractivity contribution in [1.82, 2.24) is 9.69 Å². The number of hydrogen-bond donors (Lipinski definition) is 3. The third-order valence-corrected chi connectivity index (χ3v) is 6.40. The number of nitrogen functional groups attached to an aromatic ring is 1. The molecule has 0 aliphatic carbocycles. The molecular formula is C24H25N5O7S. The summed E-state index contributed by atoms with van der Waals surface area (Å²) in [6, 6.07) is 10.4. The zero-order chi connectivity index (χ0) is 26.5. The van der Waals surface area contributed by atoms with Crippen LogP contribution >= 0.6 is 11.5 Å². The molecule has 0 spiro atoms. The van der Waals surface area contributed by atoms with E-state index in [4.69, 9.17) is 30.4 Å². The summed E-state index contributed by atoms with van der Waals surface area (Å²) in [5.41, 5.74) is 11.9. The number of nitrogens with zero attached hydrogens (tertiary/aromatic N) is 2. The zero-order valence-electron chi connectivity index (χ0n) is 20.1. The van der Waals surface area contributed by atoms with E-state index in [1.54, 1.807) is 42.5 Å².